The second kappa shape index (κ2) is 3.85. The Bertz CT molecular complexity index is 802. The van der Waals surface area contributed by atoms with Crippen LogP contribution in [0.5, 0.6) is 0 Å². The van der Waals surface area contributed by atoms with Crippen LogP contribution in [-0.4, -0.2) is 0 Å². The first-order valence-corrected chi connectivity index (χ1v) is 6.95. The minimum Gasteiger partial charge on any atom is -0.0843 e. The number of halogens is 1. The highest BCUT2D eigenvalue weighted by Gasteiger charge is 2.26. The lowest BCUT2D eigenvalue weighted by atomic mass is 9.94. The summed E-state index contributed by atoms with van der Waals surface area (Å²) in [4.78, 5) is 0. The molecule has 0 aliphatic heterocycles. The molecule has 19 heavy (non-hydrogen) atoms. The van der Waals surface area contributed by atoms with Gasteiger partial charge in [0.2, 0.25) is 0 Å². The molecule has 0 spiro atoms. The molecule has 0 heterocycles. The normalized spacial score (nSPS) is 16.4. The lowest BCUT2D eigenvalue weighted by Gasteiger charge is -2.10. The van der Waals surface area contributed by atoms with E-state index in [0.29, 0.717) is 5.92 Å². The van der Waals surface area contributed by atoms with E-state index in [0.717, 1.165) is 5.02 Å². The van der Waals surface area contributed by atoms with E-state index in [1.165, 1.54) is 33.0 Å². The van der Waals surface area contributed by atoms with Crippen LogP contribution < -0.4 is 0 Å². The van der Waals surface area contributed by atoms with Crippen LogP contribution in [0, 0.1) is 0 Å². The first-order valence-electron chi connectivity index (χ1n) is 6.57. The van der Waals surface area contributed by atoms with Gasteiger partial charge >= 0.3 is 0 Å². The molecule has 3 aromatic carbocycles. The first-order chi connectivity index (χ1) is 9.25. The molecule has 0 amide bonds. The Balaban J connectivity index is 2.11. The molecule has 1 aliphatic carbocycles. The van der Waals surface area contributed by atoms with E-state index in [-0.39, 0.29) is 0 Å². The lowest BCUT2D eigenvalue weighted by Crippen LogP contribution is -1.91. The van der Waals surface area contributed by atoms with Crippen molar-refractivity contribution in [2.45, 2.75) is 12.8 Å². The van der Waals surface area contributed by atoms with Crippen molar-refractivity contribution in [1.29, 1.82) is 0 Å². The maximum absolute atomic E-state index is 6.15. The summed E-state index contributed by atoms with van der Waals surface area (Å²) in [6.07, 6.45) is 0. The van der Waals surface area contributed by atoms with Gasteiger partial charge in [-0.1, -0.05) is 61.0 Å². The lowest BCUT2D eigenvalue weighted by molar-refractivity contribution is 0.967. The molecular formula is C18H13Cl. The molecule has 3 aromatic rings. The molecule has 0 N–H and O–H groups in total. The molecule has 1 heteroatoms. The van der Waals surface area contributed by atoms with E-state index in [1.807, 2.05) is 6.07 Å². The Morgan fingerprint density at radius 2 is 1.68 bits per heavy atom. The zero-order valence-corrected chi connectivity index (χ0v) is 11.4. The van der Waals surface area contributed by atoms with Gasteiger partial charge in [0, 0.05) is 10.9 Å². The van der Waals surface area contributed by atoms with Crippen molar-refractivity contribution >= 4 is 22.4 Å². The molecule has 92 valence electrons. The second-order valence-electron chi connectivity index (χ2n) is 5.20. The van der Waals surface area contributed by atoms with E-state index in [9.17, 15) is 0 Å². The number of benzene rings is 3. The fraction of sp³-hybridized carbons (Fsp3) is 0.111. The van der Waals surface area contributed by atoms with Gasteiger partial charge in [-0.15, -0.1) is 0 Å². The van der Waals surface area contributed by atoms with E-state index >= 15 is 0 Å². The van der Waals surface area contributed by atoms with Gasteiger partial charge in [-0.2, -0.15) is 0 Å². The highest BCUT2D eigenvalue weighted by molar-refractivity contribution is 6.30. The molecule has 0 saturated heterocycles. The van der Waals surface area contributed by atoms with E-state index < -0.39 is 0 Å². The zero-order valence-electron chi connectivity index (χ0n) is 10.7. The SMILES string of the molecule is CC1c2cc(Cl)ccc2-c2ccc3ccccc3c21. The Morgan fingerprint density at radius 3 is 2.58 bits per heavy atom. The van der Waals surface area contributed by atoms with Gasteiger partial charge in [-0.05, 0) is 45.2 Å². The molecule has 0 bridgehead atoms. The summed E-state index contributed by atoms with van der Waals surface area (Å²) in [5.41, 5.74) is 5.48. The molecule has 4 rings (SSSR count). The molecule has 1 unspecified atom stereocenters. The molecule has 1 aliphatic rings. The fourth-order valence-corrected chi connectivity index (χ4v) is 3.47. The Labute approximate surface area is 117 Å². The predicted molar refractivity (Wildman–Crippen MR) is 81.9 cm³/mol. The van der Waals surface area contributed by atoms with Gasteiger partial charge in [0.05, 0.1) is 0 Å². The molecule has 0 fully saturated rings. The Kier molecular flexibility index (Phi) is 2.24. The van der Waals surface area contributed by atoms with Crippen LogP contribution in [0.15, 0.2) is 54.6 Å². The zero-order chi connectivity index (χ0) is 13.0. The molecule has 1 atom stereocenters. The fourth-order valence-electron chi connectivity index (χ4n) is 3.29. The van der Waals surface area contributed by atoms with Crippen molar-refractivity contribution < 1.29 is 0 Å². The number of rotatable bonds is 0. The smallest absolute Gasteiger partial charge is 0.0409 e. The monoisotopic (exact) mass is 264 g/mol. The third kappa shape index (κ3) is 1.47. The summed E-state index contributed by atoms with van der Waals surface area (Å²) in [6.45, 7) is 2.27. The van der Waals surface area contributed by atoms with Crippen LogP contribution in [-0.2, 0) is 0 Å². The van der Waals surface area contributed by atoms with Crippen LogP contribution in [0.2, 0.25) is 5.02 Å². The second-order valence-corrected chi connectivity index (χ2v) is 5.64. The van der Waals surface area contributed by atoms with Gasteiger partial charge in [-0.25, -0.2) is 0 Å². The predicted octanol–water partition coefficient (Wildman–Crippen LogP) is 5.63. The quantitative estimate of drug-likeness (QED) is 0.494. The molecule has 0 aromatic heterocycles. The highest BCUT2D eigenvalue weighted by atomic mass is 35.5. The van der Waals surface area contributed by atoms with Crippen molar-refractivity contribution in [1.82, 2.24) is 0 Å². The molecular weight excluding hydrogens is 252 g/mol. The molecule has 0 radical (unpaired) electrons. The maximum Gasteiger partial charge on any atom is 0.0409 e. The van der Waals surface area contributed by atoms with Crippen molar-refractivity contribution in [2.75, 3.05) is 0 Å². The van der Waals surface area contributed by atoms with E-state index in [1.54, 1.807) is 0 Å². The summed E-state index contributed by atoms with van der Waals surface area (Å²) < 4.78 is 0. The minimum absolute atomic E-state index is 0.412. The minimum atomic E-state index is 0.412. The third-order valence-corrected chi connectivity index (χ3v) is 4.41. The van der Waals surface area contributed by atoms with Crippen LogP contribution >= 0.6 is 11.6 Å². The van der Waals surface area contributed by atoms with Crippen LogP contribution in [0.3, 0.4) is 0 Å². The van der Waals surface area contributed by atoms with Gasteiger partial charge in [-0.3, -0.25) is 0 Å². The number of hydrogen-bond donors (Lipinski definition) is 0. The van der Waals surface area contributed by atoms with Crippen molar-refractivity contribution in [3.8, 4) is 11.1 Å². The van der Waals surface area contributed by atoms with Gasteiger partial charge in [0.15, 0.2) is 0 Å². The van der Waals surface area contributed by atoms with Gasteiger partial charge in [0.25, 0.3) is 0 Å². The average Bonchev–Trinajstić information content (AvgIpc) is 2.72. The summed E-state index contributed by atoms with van der Waals surface area (Å²) >= 11 is 6.15. The largest absolute Gasteiger partial charge is 0.0843 e. The van der Waals surface area contributed by atoms with Crippen molar-refractivity contribution in [2.24, 2.45) is 0 Å². The number of hydrogen-bond acceptors (Lipinski definition) is 0. The van der Waals surface area contributed by atoms with Gasteiger partial charge < -0.3 is 0 Å². The van der Waals surface area contributed by atoms with Gasteiger partial charge in [0.1, 0.15) is 0 Å². The van der Waals surface area contributed by atoms with Crippen LogP contribution in [0.4, 0.5) is 0 Å². The molecule has 0 nitrogen and oxygen atoms in total. The van der Waals surface area contributed by atoms with Crippen molar-refractivity contribution in [3.05, 3.63) is 70.7 Å². The maximum atomic E-state index is 6.15. The summed E-state index contributed by atoms with van der Waals surface area (Å²) in [5, 5.41) is 3.49. The van der Waals surface area contributed by atoms with Crippen LogP contribution in [0.1, 0.15) is 24.0 Å². The standard InChI is InChI=1S/C18H13Cl/c1-11-17-10-13(19)7-9-15(17)16-8-6-12-4-2-3-5-14(12)18(11)16/h2-11H,1H3. The average molecular weight is 265 g/mol. The highest BCUT2D eigenvalue weighted by Crippen LogP contribution is 2.48. The Morgan fingerprint density at radius 1 is 0.895 bits per heavy atom. The topological polar surface area (TPSA) is 0 Å². The summed E-state index contributed by atoms with van der Waals surface area (Å²) in [6, 6.07) is 19.3. The van der Waals surface area contributed by atoms with Crippen molar-refractivity contribution in [3.63, 3.8) is 0 Å². The van der Waals surface area contributed by atoms with E-state index in [2.05, 4.69) is 55.5 Å². The summed E-state index contributed by atoms with van der Waals surface area (Å²) in [7, 11) is 0. The first kappa shape index (κ1) is 11.1. The summed E-state index contributed by atoms with van der Waals surface area (Å²) in [5.74, 6) is 0.412. The van der Waals surface area contributed by atoms with Crippen LogP contribution in [0.25, 0.3) is 21.9 Å². The number of fused-ring (bicyclic) bond motifs is 5. The Hall–Kier alpha value is -1.79. The molecule has 0 saturated carbocycles. The van der Waals surface area contributed by atoms with E-state index in [4.69, 9.17) is 11.6 Å². The third-order valence-electron chi connectivity index (χ3n) is 4.17.